The number of rotatable bonds is 1. The van der Waals surface area contributed by atoms with Crippen LogP contribution in [-0.2, 0) is 19.2 Å². The summed E-state index contributed by atoms with van der Waals surface area (Å²) in [5.74, 6) is -6.20. The highest BCUT2D eigenvalue weighted by Gasteiger charge is 2.76. The molecule has 3 fully saturated rings. The Balaban J connectivity index is 1.74. The first kappa shape index (κ1) is 22.9. The third-order valence-electron chi connectivity index (χ3n) is 7.79. The fraction of sp³-hybridized carbons (Fsp3) is 0.435. The highest BCUT2D eigenvalue weighted by molar-refractivity contribution is 6.53. The van der Waals surface area contributed by atoms with Crippen molar-refractivity contribution in [3.8, 4) is 5.75 Å². The van der Waals surface area contributed by atoms with Crippen molar-refractivity contribution in [2.75, 3.05) is 7.05 Å². The molecule has 11 heteroatoms. The number of imide groups is 4. The lowest BCUT2D eigenvalue weighted by Crippen LogP contribution is -2.60. The van der Waals surface area contributed by atoms with Gasteiger partial charge in [-0.15, -0.1) is 23.2 Å². The number of alkyl halides is 2. The number of hydrogen-bond acceptors (Lipinski definition) is 6. The summed E-state index contributed by atoms with van der Waals surface area (Å²) < 4.78 is 0. The maximum atomic E-state index is 13.4. The van der Waals surface area contributed by atoms with Gasteiger partial charge in [0.2, 0.25) is 11.8 Å². The topological polar surface area (TPSA) is 138 Å². The van der Waals surface area contributed by atoms with Crippen molar-refractivity contribution < 1.29 is 29.1 Å². The number of amides is 6. The standard InChI is InChI=1S/C23H21Cl2N3O6/c1-9-7-10(3-6-14(9)29)16-11-4-5-12-15(18(31)28(17(12)30)21(26)34)13(11)8-22(24)19(32)27(2)20(33)23(16,22)25/h3-4,6-7,12-13,15-16,29H,5,8H2,1-2H3,(H2,26,34). The number of nitrogens with two attached hydrogens (primary N) is 1. The Morgan fingerprint density at radius 1 is 1.12 bits per heavy atom. The van der Waals surface area contributed by atoms with Gasteiger partial charge in [-0.1, -0.05) is 23.8 Å². The van der Waals surface area contributed by atoms with Crippen LogP contribution in [0.25, 0.3) is 0 Å². The van der Waals surface area contributed by atoms with Gasteiger partial charge in [0.1, 0.15) is 5.75 Å². The Labute approximate surface area is 204 Å². The van der Waals surface area contributed by atoms with Crippen molar-refractivity contribution >= 4 is 52.9 Å². The van der Waals surface area contributed by atoms with Gasteiger partial charge in [0.05, 0.1) is 11.8 Å². The van der Waals surface area contributed by atoms with Crippen molar-refractivity contribution in [2.24, 2.45) is 23.5 Å². The van der Waals surface area contributed by atoms with Crippen molar-refractivity contribution in [1.29, 1.82) is 0 Å². The first-order valence-corrected chi connectivity index (χ1v) is 11.5. The Morgan fingerprint density at radius 3 is 2.41 bits per heavy atom. The van der Waals surface area contributed by atoms with Crippen LogP contribution in [0.2, 0.25) is 0 Å². The number of aromatic hydroxyl groups is 1. The molecule has 1 aromatic rings. The molecule has 2 saturated heterocycles. The summed E-state index contributed by atoms with van der Waals surface area (Å²) in [5.41, 5.74) is 6.94. The number of likely N-dealkylation sites (tertiary alicyclic amines) is 2. The van der Waals surface area contributed by atoms with Gasteiger partial charge in [-0.3, -0.25) is 24.1 Å². The second kappa shape index (κ2) is 7.05. The number of phenols is 1. The van der Waals surface area contributed by atoms with Gasteiger partial charge in [-0.2, -0.15) is 4.90 Å². The molecule has 5 rings (SSSR count). The number of phenolic OH excluding ortho intramolecular Hbond substituents is 1. The molecule has 0 radical (unpaired) electrons. The number of carbonyl (C=O) groups is 5. The highest BCUT2D eigenvalue weighted by Crippen LogP contribution is 2.65. The van der Waals surface area contributed by atoms with E-state index in [2.05, 4.69) is 0 Å². The first-order valence-electron chi connectivity index (χ1n) is 10.7. The molecule has 1 aromatic carbocycles. The molecule has 34 heavy (non-hydrogen) atoms. The Morgan fingerprint density at radius 2 is 1.79 bits per heavy atom. The van der Waals surface area contributed by atoms with E-state index in [9.17, 15) is 29.1 Å². The largest absolute Gasteiger partial charge is 0.508 e. The van der Waals surface area contributed by atoms with E-state index in [0.717, 1.165) is 4.90 Å². The van der Waals surface area contributed by atoms with Crippen molar-refractivity contribution in [2.45, 2.75) is 35.4 Å². The molecule has 2 aliphatic carbocycles. The van der Waals surface area contributed by atoms with Crippen LogP contribution >= 0.6 is 23.2 Å². The third kappa shape index (κ3) is 2.54. The van der Waals surface area contributed by atoms with E-state index in [1.54, 1.807) is 25.1 Å². The quantitative estimate of drug-likeness (QED) is 0.338. The van der Waals surface area contributed by atoms with E-state index in [1.165, 1.54) is 13.1 Å². The fourth-order valence-corrected chi connectivity index (χ4v) is 7.21. The molecule has 6 amide bonds. The van der Waals surface area contributed by atoms with Crippen LogP contribution < -0.4 is 5.73 Å². The summed E-state index contributed by atoms with van der Waals surface area (Å²) in [7, 11) is 1.30. The van der Waals surface area contributed by atoms with Crippen LogP contribution in [0.3, 0.4) is 0 Å². The number of urea groups is 1. The number of allylic oxidation sites excluding steroid dienone is 2. The van der Waals surface area contributed by atoms with Crippen LogP contribution in [0.4, 0.5) is 4.79 Å². The first-order chi connectivity index (χ1) is 15.9. The number of halogens is 2. The summed E-state index contributed by atoms with van der Waals surface area (Å²) in [6, 6.07) is 3.55. The van der Waals surface area contributed by atoms with Gasteiger partial charge in [0, 0.05) is 13.0 Å². The molecule has 4 aliphatic rings. The number of benzene rings is 1. The normalized spacial score (nSPS) is 36.9. The van der Waals surface area contributed by atoms with E-state index in [1.807, 2.05) is 0 Å². The van der Waals surface area contributed by atoms with E-state index in [-0.39, 0.29) is 18.6 Å². The lowest BCUT2D eigenvalue weighted by atomic mass is 9.56. The van der Waals surface area contributed by atoms with E-state index >= 15 is 0 Å². The van der Waals surface area contributed by atoms with Gasteiger partial charge in [-0.05, 0) is 42.9 Å². The molecule has 6 atom stereocenters. The summed E-state index contributed by atoms with van der Waals surface area (Å²) in [6.07, 6.45) is 1.73. The van der Waals surface area contributed by atoms with E-state index < -0.39 is 63.1 Å². The molecule has 6 unspecified atom stereocenters. The zero-order chi connectivity index (χ0) is 24.9. The van der Waals surface area contributed by atoms with Gasteiger partial charge < -0.3 is 10.8 Å². The monoisotopic (exact) mass is 505 g/mol. The van der Waals surface area contributed by atoms with Gasteiger partial charge in [0.15, 0.2) is 9.75 Å². The van der Waals surface area contributed by atoms with Crippen LogP contribution in [-0.4, -0.2) is 61.4 Å². The Kier molecular flexibility index (Phi) is 4.74. The number of hydrogen-bond donors (Lipinski definition) is 2. The van der Waals surface area contributed by atoms with Crippen molar-refractivity contribution in [3.05, 3.63) is 41.0 Å². The maximum Gasteiger partial charge on any atom is 0.328 e. The lowest BCUT2D eigenvalue weighted by Gasteiger charge is -2.50. The number of nitrogens with zero attached hydrogens (tertiary/aromatic N) is 2. The molecule has 2 heterocycles. The average molecular weight is 506 g/mol. The number of aryl methyl sites for hydroxylation is 1. The number of carbonyl (C=O) groups excluding carboxylic acids is 5. The average Bonchev–Trinajstić information content (AvgIpc) is 3.11. The Hall–Kier alpha value is -2.91. The second-order valence-electron chi connectivity index (χ2n) is 9.39. The summed E-state index contributed by atoms with van der Waals surface area (Å²) >= 11 is 14.0. The molecule has 9 nitrogen and oxygen atoms in total. The maximum absolute atomic E-state index is 13.4. The lowest BCUT2D eigenvalue weighted by molar-refractivity contribution is -0.139. The zero-order valence-electron chi connectivity index (χ0n) is 18.2. The predicted octanol–water partition coefficient (Wildman–Crippen LogP) is 1.77. The molecule has 2 aliphatic heterocycles. The summed E-state index contributed by atoms with van der Waals surface area (Å²) in [6.45, 7) is 1.68. The number of primary amides is 1. The van der Waals surface area contributed by atoms with Crippen LogP contribution in [0.1, 0.15) is 29.9 Å². The minimum Gasteiger partial charge on any atom is -0.508 e. The van der Waals surface area contributed by atoms with Crippen LogP contribution in [0.5, 0.6) is 5.75 Å². The molecule has 1 saturated carbocycles. The minimum atomic E-state index is -1.90. The molecular formula is C23H21Cl2N3O6. The van der Waals surface area contributed by atoms with Crippen LogP contribution in [0, 0.1) is 24.7 Å². The molecule has 0 aromatic heterocycles. The fourth-order valence-electron chi connectivity index (χ4n) is 6.19. The third-order valence-corrected chi connectivity index (χ3v) is 9.20. The molecule has 178 valence electrons. The molecule has 0 spiro atoms. The van der Waals surface area contributed by atoms with Gasteiger partial charge in [0.25, 0.3) is 11.8 Å². The molecular weight excluding hydrogens is 485 g/mol. The van der Waals surface area contributed by atoms with E-state index in [0.29, 0.717) is 21.6 Å². The molecule has 3 N–H and O–H groups in total. The summed E-state index contributed by atoms with van der Waals surface area (Å²) in [4.78, 5) is 62.0. The van der Waals surface area contributed by atoms with Crippen molar-refractivity contribution in [3.63, 3.8) is 0 Å². The Bertz CT molecular complexity index is 1250. The SMILES string of the molecule is Cc1cc(C2C3=CCC4C(=O)N(C(N)=O)C(=O)C4C3CC3(Cl)C(=O)N(C)C(=O)C23Cl)ccc1O. The zero-order valence-corrected chi connectivity index (χ0v) is 19.8. The van der Waals surface area contributed by atoms with Gasteiger partial charge in [-0.25, -0.2) is 4.79 Å². The van der Waals surface area contributed by atoms with E-state index in [4.69, 9.17) is 28.9 Å². The minimum absolute atomic E-state index is 0.0363. The smallest absolute Gasteiger partial charge is 0.328 e. The number of fused-ring (bicyclic) bond motifs is 4. The predicted molar refractivity (Wildman–Crippen MR) is 120 cm³/mol. The molecule has 0 bridgehead atoms. The highest BCUT2D eigenvalue weighted by atomic mass is 35.5. The second-order valence-corrected chi connectivity index (χ2v) is 10.6. The van der Waals surface area contributed by atoms with Crippen LogP contribution in [0.15, 0.2) is 29.8 Å². The van der Waals surface area contributed by atoms with Gasteiger partial charge >= 0.3 is 6.03 Å². The summed E-state index contributed by atoms with van der Waals surface area (Å²) in [5, 5.41) is 10.0. The van der Waals surface area contributed by atoms with Crippen molar-refractivity contribution in [1.82, 2.24) is 9.80 Å².